The molecule has 0 saturated heterocycles. The van der Waals surface area contributed by atoms with Crippen LogP contribution in [0.1, 0.15) is 16.7 Å². The van der Waals surface area contributed by atoms with Crippen LogP contribution in [-0.4, -0.2) is 37.2 Å². The molecule has 0 aliphatic carbocycles. The van der Waals surface area contributed by atoms with Crippen molar-refractivity contribution in [3.63, 3.8) is 0 Å². The highest BCUT2D eigenvalue weighted by Gasteiger charge is 2.30. The van der Waals surface area contributed by atoms with E-state index in [4.69, 9.17) is 4.74 Å². The van der Waals surface area contributed by atoms with Gasteiger partial charge in [0.15, 0.2) is 6.10 Å². The Morgan fingerprint density at radius 1 is 1.22 bits per heavy atom. The van der Waals surface area contributed by atoms with Gasteiger partial charge in [-0.3, -0.25) is 9.59 Å². The summed E-state index contributed by atoms with van der Waals surface area (Å²) in [6, 6.07) is 3.78. The Hall–Kier alpha value is -2.25. The predicted molar refractivity (Wildman–Crippen MR) is 76.1 cm³/mol. The van der Waals surface area contributed by atoms with Crippen molar-refractivity contribution in [3.8, 4) is 5.75 Å². The van der Waals surface area contributed by atoms with Crippen LogP contribution in [-0.2, 0) is 16.0 Å². The minimum atomic E-state index is -4.48. The smallest absolute Gasteiger partial charge is 0.405 e. The van der Waals surface area contributed by atoms with Gasteiger partial charge >= 0.3 is 6.18 Å². The largest absolute Gasteiger partial charge is 0.480 e. The average Bonchev–Trinajstić information content (AvgIpc) is 2.85. The molecule has 23 heavy (non-hydrogen) atoms. The molecular formula is C15H17F3N2O3. The molecule has 126 valence electrons. The molecule has 1 aliphatic heterocycles. The zero-order chi connectivity index (χ0) is 17.2. The summed E-state index contributed by atoms with van der Waals surface area (Å²) < 4.78 is 41.4. The van der Waals surface area contributed by atoms with Crippen molar-refractivity contribution >= 4 is 11.8 Å². The van der Waals surface area contributed by atoms with Gasteiger partial charge in [0.25, 0.3) is 5.91 Å². The number of fused-ring (bicyclic) bond motifs is 1. The van der Waals surface area contributed by atoms with E-state index in [0.717, 1.165) is 16.7 Å². The number of carbonyl (C=O) groups is 2. The van der Waals surface area contributed by atoms with Crippen LogP contribution >= 0.6 is 0 Å². The van der Waals surface area contributed by atoms with Crippen molar-refractivity contribution in [1.29, 1.82) is 0 Å². The van der Waals surface area contributed by atoms with Crippen LogP contribution < -0.4 is 15.4 Å². The van der Waals surface area contributed by atoms with Gasteiger partial charge in [-0.25, -0.2) is 0 Å². The maximum absolute atomic E-state index is 12.0. The zero-order valence-electron chi connectivity index (χ0n) is 12.7. The summed E-state index contributed by atoms with van der Waals surface area (Å²) in [4.78, 5) is 23.2. The molecule has 5 nitrogen and oxygen atoms in total. The Labute approximate surface area is 131 Å². The van der Waals surface area contributed by atoms with Crippen LogP contribution in [0.4, 0.5) is 13.2 Å². The molecule has 1 aromatic rings. The fourth-order valence-electron chi connectivity index (χ4n) is 2.20. The van der Waals surface area contributed by atoms with Crippen molar-refractivity contribution in [2.45, 2.75) is 32.5 Å². The fourth-order valence-corrected chi connectivity index (χ4v) is 2.20. The second-order valence-corrected chi connectivity index (χ2v) is 5.46. The molecule has 2 amide bonds. The van der Waals surface area contributed by atoms with Gasteiger partial charge in [-0.05, 0) is 36.6 Å². The summed E-state index contributed by atoms with van der Waals surface area (Å²) in [5, 5.41) is 3.96. The normalized spacial score (nSPS) is 16.5. The number of carbonyl (C=O) groups excluding carboxylic acids is 2. The molecule has 0 radical (unpaired) electrons. The lowest BCUT2D eigenvalue weighted by molar-refractivity contribution is -0.139. The molecule has 1 atom stereocenters. The maximum Gasteiger partial charge on any atom is 0.405 e. The monoisotopic (exact) mass is 330 g/mol. The van der Waals surface area contributed by atoms with Gasteiger partial charge < -0.3 is 15.4 Å². The van der Waals surface area contributed by atoms with E-state index in [0.29, 0.717) is 12.2 Å². The molecule has 8 heteroatoms. The van der Waals surface area contributed by atoms with E-state index in [1.807, 2.05) is 26.0 Å². The molecule has 1 unspecified atom stereocenters. The fraction of sp³-hybridized carbons (Fsp3) is 0.467. The van der Waals surface area contributed by atoms with Gasteiger partial charge in [0.2, 0.25) is 5.91 Å². The van der Waals surface area contributed by atoms with E-state index in [-0.39, 0.29) is 0 Å². The van der Waals surface area contributed by atoms with E-state index in [2.05, 4.69) is 5.32 Å². The van der Waals surface area contributed by atoms with E-state index < -0.39 is 37.2 Å². The first-order valence-electron chi connectivity index (χ1n) is 7.03. The summed E-state index contributed by atoms with van der Waals surface area (Å²) in [5.74, 6) is -0.814. The van der Waals surface area contributed by atoms with Gasteiger partial charge in [0, 0.05) is 6.42 Å². The van der Waals surface area contributed by atoms with Gasteiger partial charge in [-0.1, -0.05) is 6.07 Å². The molecule has 0 fully saturated rings. The molecule has 0 aromatic heterocycles. The highest BCUT2D eigenvalue weighted by Crippen LogP contribution is 2.31. The van der Waals surface area contributed by atoms with Gasteiger partial charge in [0.05, 0.1) is 6.54 Å². The van der Waals surface area contributed by atoms with Crippen molar-refractivity contribution < 1.29 is 27.5 Å². The topological polar surface area (TPSA) is 67.4 Å². The van der Waals surface area contributed by atoms with Crippen LogP contribution in [0.2, 0.25) is 0 Å². The van der Waals surface area contributed by atoms with E-state index >= 15 is 0 Å². The molecule has 1 aromatic carbocycles. The summed E-state index contributed by atoms with van der Waals surface area (Å²) >= 11 is 0. The van der Waals surface area contributed by atoms with Crippen LogP contribution in [0, 0.1) is 13.8 Å². The molecular weight excluding hydrogens is 313 g/mol. The minimum Gasteiger partial charge on any atom is -0.480 e. The molecule has 1 aliphatic rings. The van der Waals surface area contributed by atoms with Crippen LogP contribution in [0.25, 0.3) is 0 Å². The number of hydrogen-bond acceptors (Lipinski definition) is 3. The van der Waals surface area contributed by atoms with Crippen LogP contribution in [0.5, 0.6) is 5.75 Å². The number of hydrogen-bond donors (Lipinski definition) is 2. The number of benzene rings is 1. The third-order valence-electron chi connectivity index (χ3n) is 3.55. The maximum atomic E-state index is 12.0. The molecule has 0 bridgehead atoms. The Kier molecular flexibility index (Phi) is 4.82. The Balaban J connectivity index is 1.83. The minimum absolute atomic E-state index is 0.368. The quantitative estimate of drug-likeness (QED) is 0.877. The zero-order valence-corrected chi connectivity index (χ0v) is 12.7. The lowest BCUT2D eigenvalue weighted by Gasteiger charge is -2.12. The summed E-state index contributed by atoms with van der Waals surface area (Å²) in [7, 11) is 0. The third kappa shape index (κ3) is 4.61. The first-order valence-corrected chi connectivity index (χ1v) is 7.03. The molecule has 0 spiro atoms. The lowest BCUT2D eigenvalue weighted by Crippen LogP contribution is -2.44. The second-order valence-electron chi connectivity index (χ2n) is 5.46. The number of halogens is 3. The van der Waals surface area contributed by atoms with E-state index in [1.54, 1.807) is 5.32 Å². The Bertz CT molecular complexity index is 598. The standard InChI is InChI=1S/C15H17F3N2O3/c1-8-3-10-5-12(23-11(10)4-9(8)2)14(22)19-6-13(21)20-7-15(16,17)18/h3-4,12H,5-7H2,1-2H3,(H,19,22)(H,20,21). The summed E-state index contributed by atoms with van der Waals surface area (Å²) in [6.45, 7) is 1.93. The molecule has 2 N–H and O–H groups in total. The lowest BCUT2D eigenvalue weighted by atomic mass is 10.0. The SMILES string of the molecule is Cc1cc2c(cc1C)OC(C(=O)NCC(=O)NCC(F)(F)F)C2. The average molecular weight is 330 g/mol. The number of amides is 2. The van der Waals surface area contributed by atoms with Gasteiger partial charge in [-0.2, -0.15) is 13.2 Å². The van der Waals surface area contributed by atoms with Crippen molar-refractivity contribution in [3.05, 3.63) is 28.8 Å². The molecule has 0 saturated carbocycles. The first kappa shape index (κ1) is 17.1. The number of ether oxygens (including phenoxy) is 1. The highest BCUT2D eigenvalue weighted by molar-refractivity contribution is 5.87. The van der Waals surface area contributed by atoms with Gasteiger partial charge in [-0.15, -0.1) is 0 Å². The summed E-state index contributed by atoms with van der Waals surface area (Å²) in [6.07, 6.45) is -4.89. The number of alkyl halides is 3. The first-order chi connectivity index (χ1) is 10.7. The van der Waals surface area contributed by atoms with Crippen molar-refractivity contribution in [1.82, 2.24) is 10.6 Å². The Morgan fingerprint density at radius 2 is 1.87 bits per heavy atom. The summed E-state index contributed by atoms with van der Waals surface area (Å²) in [5.41, 5.74) is 3.02. The number of rotatable bonds is 4. The van der Waals surface area contributed by atoms with Crippen molar-refractivity contribution in [2.75, 3.05) is 13.1 Å². The van der Waals surface area contributed by atoms with Crippen molar-refractivity contribution in [2.24, 2.45) is 0 Å². The molecule has 1 heterocycles. The van der Waals surface area contributed by atoms with E-state index in [9.17, 15) is 22.8 Å². The highest BCUT2D eigenvalue weighted by atomic mass is 19.4. The number of nitrogens with one attached hydrogen (secondary N) is 2. The van der Waals surface area contributed by atoms with Crippen LogP contribution in [0.3, 0.4) is 0 Å². The predicted octanol–water partition coefficient (Wildman–Crippen LogP) is 1.40. The van der Waals surface area contributed by atoms with Gasteiger partial charge in [0.1, 0.15) is 12.3 Å². The molecule has 2 rings (SSSR count). The van der Waals surface area contributed by atoms with E-state index in [1.165, 1.54) is 0 Å². The van der Waals surface area contributed by atoms with Crippen LogP contribution in [0.15, 0.2) is 12.1 Å². The number of aryl methyl sites for hydroxylation is 2. The second kappa shape index (κ2) is 6.47. The third-order valence-corrected chi connectivity index (χ3v) is 3.55. The Morgan fingerprint density at radius 3 is 2.52 bits per heavy atom.